The van der Waals surface area contributed by atoms with Crippen LogP contribution in [0.4, 0.5) is 0 Å². The molecule has 0 fully saturated rings. The number of rotatable bonds is 6. The zero-order chi connectivity index (χ0) is 25.4. The molecule has 2 aromatic heterocycles. The third kappa shape index (κ3) is 6.72. The number of aryl methyl sites for hydroxylation is 1. The second kappa shape index (κ2) is 12.7. The van der Waals surface area contributed by atoms with Crippen molar-refractivity contribution in [3.63, 3.8) is 0 Å². The van der Waals surface area contributed by atoms with Crippen LogP contribution in [0.25, 0.3) is 27.9 Å². The first kappa shape index (κ1) is 30.9. The van der Waals surface area contributed by atoms with E-state index >= 15 is 0 Å². The molecule has 182 valence electrons. The number of H-pyrrole nitrogens is 1. The van der Waals surface area contributed by atoms with E-state index in [1.807, 2.05) is 42.5 Å². The van der Waals surface area contributed by atoms with Gasteiger partial charge >= 0.3 is 59.1 Å². The monoisotopic (exact) mass is 565 g/mol. The van der Waals surface area contributed by atoms with E-state index in [1.165, 1.54) is 22.8 Å². The fraction of sp³-hybridized carbons (Fsp3) is 0.0769. The predicted molar refractivity (Wildman–Crippen MR) is 134 cm³/mol. The van der Waals surface area contributed by atoms with Gasteiger partial charge in [-0.05, 0) is 41.8 Å². The molecule has 0 bridgehead atoms. The first-order valence-corrected chi connectivity index (χ1v) is 12.8. The van der Waals surface area contributed by atoms with Crippen molar-refractivity contribution in [2.45, 2.75) is 13.3 Å². The number of phosphoric acid groups is 1. The second-order valence-electron chi connectivity index (χ2n) is 8.31. The maximum Gasteiger partial charge on any atom is 1.00 e. The van der Waals surface area contributed by atoms with Crippen molar-refractivity contribution < 1.29 is 78.0 Å². The molecule has 0 unspecified atom stereocenters. The van der Waals surface area contributed by atoms with Gasteiger partial charge < -0.3 is 18.9 Å². The average Bonchev–Trinajstić information content (AvgIpc) is 3.19. The average molecular weight is 566 g/mol. The van der Waals surface area contributed by atoms with Crippen LogP contribution in [0.3, 0.4) is 0 Å². The van der Waals surface area contributed by atoms with E-state index < -0.39 is 13.4 Å². The molecule has 0 spiro atoms. The molecule has 12 heteroatoms. The summed E-state index contributed by atoms with van der Waals surface area (Å²) < 4.78 is 17.3. The van der Waals surface area contributed by atoms with Crippen molar-refractivity contribution in [3.8, 4) is 28.0 Å². The SMILES string of the molecule is Cc1ccc(-c2cnc3c(-c4ccc(Cl)cc4)c(Cc4ccccc4)[nH]n3c2=O)c(OP(=O)([O-])[O-])c1.[Na+].[Na+]. The summed E-state index contributed by atoms with van der Waals surface area (Å²) in [5.74, 6) is -0.226. The smallest absolute Gasteiger partial charge is 0.780 e. The molecule has 2 heterocycles. The quantitative estimate of drug-likeness (QED) is 0.190. The van der Waals surface area contributed by atoms with E-state index in [-0.39, 0.29) is 76.0 Å². The molecule has 0 aliphatic rings. The number of aromatic amines is 1. The topological polar surface area (TPSA) is 123 Å². The minimum Gasteiger partial charge on any atom is -0.780 e. The third-order valence-electron chi connectivity index (χ3n) is 5.73. The summed E-state index contributed by atoms with van der Waals surface area (Å²) in [6, 6.07) is 21.6. The number of nitrogens with one attached hydrogen (secondary N) is 1. The van der Waals surface area contributed by atoms with Gasteiger partial charge in [0.15, 0.2) is 5.65 Å². The van der Waals surface area contributed by atoms with Crippen LogP contribution in [-0.2, 0) is 11.0 Å². The van der Waals surface area contributed by atoms with Crippen LogP contribution in [-0.4, -0.2) is 14.6 Å². The Morgan fingerprint density at radius 2 is 1.68 bits per heavy atom. The molecule has 38 heavy (non-hydrogen) atoms. The minimum absolute atomic E-state index is 0. The Bertz CT molecular complexity index is 1690. The number of halogens is 1. The fourth-order valence-corrected chi connectivity index (χ4v) is 4.66. The number of fused-ring (bicyclic) bond motifs is 1. The summed E-state index contributed by atoms with van der Waals surface area (Å²) in [6.07, 6.45) is 1.86. The number of hydrogen-bond donors (Lipinski definition) is 1. The standard InChI is InChI=1S/C26H21ClN3O5P.2Na/c1-16-7-12-20(23(13-16)35-36(32,33)34)21-15-28-25-24(18-8-10-19(27)11-9-18)22(29-30(25)26(21)31)14-17-5-3-2-4-6-17;;/h2-13,15,29H,14H2,1H3,(H2,32,33,34);;/q;2*+1/p-2. The second-order valence-corrected chi connectivity index (χ2v) is 9.82. The molecule has 5 aromatic rings. The van der Waals surface area contributed by atoms with E-state index in [9.17, 15) is 19.1 Å². The van der Waals surface area contributed by atoms with Crippen LogP contribution in [0.2, 0.25) is 5.02 Å². The predicted octanol–water partition coefficient (Wildman–Crippen LogP) is -1.88. The van der Waals surface area contributed by atoms with Crippen molar-refractivity contribution in [3.05, 3.63) is 111 Å². The van der Waals surface area contributed by atoms with Gasteiger partial charge in [-0.25, -0.2) is 9.50 Å². The van der Waals surface area contributed by atoms with Crippen molar-refractivity contribution >= 4 is 25.1 Å². The van der Waals surface area contributed by atoms with Gasteiger partial charge in [-0.1, -0.05) is 66.2 Å². The Hall–Kier alpha value is -1.68. The van der Waals surface area contributed by atoms with Crippen molar-refractivity contribution in [2.75, 3.05) is 0 Å². The minimum atomic E-state index is -5.35. The molecular weight excluding hydrogens is 547 g/mol. The molecule has 0 aliphatic carbocycles. The summed E-state index contributed by atoms with van der Waals surface area (Å²) in [4.78, 5) is 40.8. The molecule has 1 N–H and O–H groups in total. The van der Waals surface area contributed by atoms with Gasteiger partial charge in [-0.3, -0.25) is 9.89 Å². The Labute approximate surface area is 267 Å². The van der Waals surface area contributed by atoms with Crippen LogP contribution in [0.5, 0.6) is 5.75 Å². The maximum absolute atomic E-state index is 13.6. The molecule has 3 aromatic carbocycles. The fourth-order valence-electron chi connectivity index (χ4n) is 4.14. The molecule has 0 saturated heterocycles. The third-order valence-corrected chi connectivity index (χ3v) is 6.40. The molecule has 5 rings (SSSR count). The summed E-state index contributed by atoms with van der Waals surface area (Å²) in [7, 11) is -5.35. The molecule has 0 radical (unpaired) electrons. The van der Waals surface area contributed by atoms with Gasteiger partial charge in [0.25, 0.3) is 5.56 Å². The molecule has 0 atom stereocenters. The van der Waals surface area contributed by atoms with E-state index in [4.69, 9.17) is 11.6 Å². The van der Waals surface area contributed by atoms with E-state index in [0.717, 1.165) is 22.4 Å². The van der Waals surface area contributed by atoms with Gasteiger partial charge in [-0.15, -0.1) is 0 Å². The molecular formula is C26H19ClN3Na2O5P. The summed E-state index contributed by atoms with van der Waals surface area (Å²) in [6.45, 7) is 1.71. The molecule has 8 nitrogen and oxygen atoms in total. The number of nitrogens with zero attached hydrogens (tertiary/aromatic N) is 2. The zero-order valence-electron chi connectivity index (χ0n) is 21.0. The Kier molecular flexibility index (Phi) is 10.3. The van der Waals surface area contributed by atoms with Crippen LogP contribution in [0.1, 0.15) is 16.8 Å². The normalized spacial score (nSPS) is 11.1. The van der Waals surface area contributed by atoms with E-state index in [0.29, 0.717) is 22.7 Å². The van der Waals surface area contributed by atoms with Crippen LogP contribution < -0.4 is 79.0 Å². The number of phosphoric ester groups is 1. The molecule has 0 aliphatic heterocycles. The van der Waals surface area contributed by atoms with Crippen LogP contribution >= 0.6 is 19.4 Å². The number of benzene rings is 3. The van der Waals surface area contributed by atoms with E-state index in [1.54, 1.807) is 25.1 Å². The maximum atomic E-state index is 13.6. The van der Waals surface area contributed by atoms with Gasteiger partial charge in [0.05, 0.1) is 5.56 Å². The van der Waals surface area contributed by atoms with Crippen molar-refractivity contribution in [1.29, 1.82) is 0 Å². The molecule has 0 saturated carbocycles. The van der Waals surface area contributed by atoms with Gasteiger partial charge in [0, 0.05) is 34.5 Å². The van der Waals surface area contributed by atoms with Crippen LogP contribution in [0.15, 0.2) is 83.8 Å². The van der Waals surface area contributed by atoms with Crippen LogP contribution in [0, 0.1) is 6.92 Å². The number of aromatic nitrogens is 3. The largest absolute Gasteiger partial charge is 1.00 e. The van der Waals surface area contributed by atoms with Gasteiger partial charge in [0.1, 0.15) is 13.6 Å². The Morgan fingerprint density at radius 3 is 2.34 bits per heavy atom. The number of hydrogen-bond acceptors (Lipinski definition) is 6. The summed E-state index contributed by atoms with van der Waals surface area (Å²) in [5, 5.41) is 3.75. The first-order valence-electron chi connectivity index (χ1n) is 10.9. The Morgan fingerprint density at radius 1 is 1.00 bits per heavy atom. The van der Waals surface area contributed by atoms with Gasteiger partial charge in [0.2, 0.25) is 0 Å². The molecule has 0 amide bonds. The Balaban J connectivity index is 0.00000200. The first-order chi connectivity index (χ1) is 17.2. The van der Waals surface area contributed by atoms with Gasteiger partial charge in [-0.2, -0.15) is 0 Å². The zero-order valence-corrected chi connectivity index (χ0v) is 26.6. The summed E-state index contributed by atoms with van der Waals surface area (Å²) in [5.41, 5.74) is 4.14. The van der Waals surface area contributed by atoms with E-state index in [2.05, 4.69) is 14.6 Å². The summed E-state index contributed by atoms with van der Waals surface area (Å²) >= 11 is 6.09. The van der Waals surface area contributed by atoms with Crippen molar-refractivity contribution in [2.24, 2.45) is 0 Å². The van der Waals surface area contributed by atoms with Crippen molar-refractivity contribution in [1.82, 2.24) is 14.6 Å².